The number of amides is 2. The Kier molecular flexibility index (Phi) is 3.59. The Morgan fingerprint density at radius 1 is 1.21 bits per heavy atom. The Morgan fingerprint density at radius 2 is 1.79 bits per heavy atom. The molecule has 2 aliphatic carbocycles. The van der Waals surface area contributed by atoms with Crippen molar-refractivity contribution in [2.24, 2.45) is 23.7 Å². The molecule has 5 atom stereocenters. The minimum absolute atomic E-state index is 0.0250. The topological polar surface area (TPSA) is 95.5 Å². The van der Waals surface area contributed by atoms with E-state index in [2.05, 4.69) is 10.6 Å². The molecular formula is C13H18N2O4. The second kappa shape index (κ2) is 5.03. The molecule has 1 saturated carbocycles. The molecule has 0 aromatic rings. The van der Waals surface area contributed by atoms with Gasteiger partial charge in [0.25, 0.3) is 0 Å². The second-order valence-electron chi connectivity index (χ2n) is 5.18. The van der Waals surface area contributed by atoms with Crippen molar-refractivity contribution in [3.8, 4) is 0 Å². The van der Waals surface area contributed by atoms with Crippen LogP contribution in [0.4, 0.5) is 0 Å². The first-order valence-electron chi connectivity index (χ1n) is 6.38. The molecule has 0 heterocycles. The van der Waals surface area contributed by atoms with Gasteiger partial charge in [-0.25, -0.2) is 0 Å². The van der Waals surface area contributed by atoms with Gasteiger partial charge < -0.3 is 15.7 Å². The van der Waals surface area contributed by atoms with Crippen LogP contribution in [-0.2, 0) is 14.4 Å². The second-order valence-corrected chi connectivity index (χ2v) is 5.18. The third-order valence-corrected chi connectivity index (χ3v) is 4.05. The number of fused-ring (bicyclic) bond motifs is 2. The van der Waals surface area contributed by atoms with Gasteiger partial charge in [0.15, 0.2) is 0 Å². The summed E-state index contributed by atoms with van der Waals surface area (Å²) in [6.45, 7) is 1.58. The summed E-state index contributed by atoms with van der Waals surface area (Å²) in [6, 6.07) is -0.657. The minimum Gasteiger partial charge on any atom is -0.481 e. The Balaban J connectivity index is 2.08. The normalized spacial score (nSPS) is 32.9. The van der Waals surface area contributed by atoms with E-state index in [1.165, 1.54) is 7.05 Å². The highest BCUT2D eigenvalue weighted by molar-refractivity contribution is 5.91. The molecule has 0 radical (unpaired) electrons. The molecule has 3 N–H and O–H groups in total. The summed E-state index contributed by atoms with van der Waals surface area (Å²) in [4.78, 5) is 34.9. The van der Waals surface area contributed by atoms with E-state index in [-0.39, 0.29) is 23.7 Å². The zero-order valence-electron chi connectivity index (χ0n) is 10.9. The molecule has 2 rings (SSSR count). The summed E-state index contributed by atoms with van der Waals surface area (Å²) in [5, 5.41) is 14.3. The maximum atomic E-state index is 12.2. The van der Waals surface area contributed by atoms with Crippen LogP contribution in [0.25, 0.3) is 0 Å². The van der Waals surface area contributed by atoms with Gasteiger partial charge >= 0.3 is 5.97 Å². The predicted molar refractivity (Wildman–Crippen MR) is 67.0 cm³/mol. The molecule has 19 heavy (non-hydrogen) atoms. The summed E-state index contributed by atoms with van der Waals surface area (Å²) in [5.74, 6) is -2.91. The number of carbonyl (C=O) groups is 3. The average molecular weight is 266 g/mol. The molecule has 0 spiro atoms. The van der Waals surface area contributed by atoms with Crippen molar-refractivity contribution in [3.63, 3.8) is 0 Å². The van der Waals surface area contributed by atoms with Crippen LogP contribution >= 0.6 is 0 Å². The fourth-order valence-electron chi connectivity index (χ4n) is 3.11. The van der Waals surface area contributed by atoms with Crippen LogP contribution in [0.1, 0.15) is 13.3 Å². The van der Waals surface area contributed by atoms with Gasteiger partial charge in [0.05, 0.1) is 11.8 Å². The molecular weight excluding hydrogens is 248 g/mol. The summed E-state index contributed by atoms with van der Waals surface area (Å²) in [6.07, 6.45) is 4.51. The van der Waals surface area contributed by atoms with Gasteiger partial charge in [-0.15, -0.1) is 0 Å². The molecule has 0 aromatic heterocycles. The monoisotopic (exact) mass is 266 g/mol. The van der Waals surface area contributed by atoms with Crippen LogP contribution in [0.3, 0.4) is 0 Å². The zero-order valence-corrected chi connectivity index (χ0v) is 10.9. The maximum Gasteiger partial charge on any atom is 0.307 e. The van der Waals surface area contributed by atoms with Crippen molar-refractivity contribution in [3.05, 3.63) is 12.2 Å². The van der Waals surface area contributed by atoms with E-state index in [0.717, 1.165) is 0 Å². The van der Waals surface area contributed by atoms with Crippen LogP contribution in [0.15, 0.2) is 12.2 Å². The van der Waals surface area contributed by atoms with Crippen molar-refractivity contribution in [2.45, 2.75) is 19.4 Å². The largest absolute Gasteiger partial charge is 0.481 e. The fourth-order valence-corrected chi connectivity index (χ4v) is 3.11. The summed E-state index contributed by atoms with van der Waals surface area (Å²) >= 11 is 0. The molecule has 6 heteroatoms. The Morgan fingerprint density at radius 3 is 2.32 bits per heavy atom. The zero-order chi connectivity index (χ0) is 14.2. The van der Waals surface area contributed by atoms with Crippen LogP contribution in [0.2, 0.25) is 0 Å². The lowest BCUT2D eigenvalue weighted by molar-refractivity contribution is -0.148. The van der Waals surface area contributed by atoms with Gasteiger partial charge in [-0.1, -0.05) is 12.2 Å². The highest BCUT2D eigenvalue weighted by Gasteiger charge is 2.51. The standard InChI is InChI=1S/C13H18N2O4/c1-6(11(16)14-2)15-12(17)9-7-3-4-8(5-7)10(9)13(18)19/h3-4,6-10H,5H2,1-2H3,(H,14,16)(H,15,17)(H,18,19). The Labute approximate surface area is 111 Å². The number of carbonyl (C=O) groups excluding carboxylic acids is 2. The molecule has 0 saturated heterocycles. The minimum atomic E-state index is -0.940. The number of nitrogens with one attached hydrogen (secondary N) is 2. The van der Waals surface area contributed by atoms with E-state index >= 15 is 0 Å². The number of likely N-dealkylation sites (N-methyl/N-ethyl adjacent to an activating group) is 1. The van der Waals surface area contributed by atoms with Crippen molar-refractivity contribution < 1.29 is 19.5 Å². The van der Waals surface area contributed by atoms with E-state index in [0.29, 0.717) is 6.42 Å². The van der Waals surface area contributed by atoms with Crippen molar-refractivity contribution in [1.29, 1.82) is 0 Å². The molecule has 2 aliphatic rings. The summed E-state index contributed by atoms with van der Waals surface area (Å²) < 4.78 is 0. The van der Waals surface area contributed by atoms with Crippen LogP contribution in [0.5, 0.6) is 0 Å². The molecule has 1 fully saturated rings. The van der Waals surface area contributed by atoms with Gasteiger partial charge in [0, 0.05) is 7.05 Å². The van der Waals surface area contributed by atoms with Gasteiger partial charge in [-0.2, -0.15) is 0 Å². The first-order valence-corrected chi connectivity index (χ1v) is 6.38. The lowest BCUT2D eigenvalue weighted by atomic mass is 9.82. The van der Waals surface area contributed by atoms with Gasteiger partial charge in [0.1, 0.15) is 6.04 Å². The van der Waals surface area contributed by atoms with E-state index in [1.807, 2.05) is 12.2 Å². The van der Waals surface area contributed by atoms with E-state index < -0.39 is 23.8 Å². The molecule has 6 nitrogen and oxygen atoms in total. The Bertz CT molecular complexity index is 446. The average Bonchev–Trinajstić information content (AvgIpc) is 2.97. The number of carboxylic acid groups (broad SMARTS) is 1. The molecule has 0 aromatic carbocycles. The number of aliphatic carboxylic acids is 1. The van der Waals surface area contributed by atoms with Crippen LogP contribution in [-0.4, -0.2) is 36.0 Å². The third kappa shape index (κ3) is 2.34. The summed E-state index contributed by atoms with van der Waals surface area (Å²) in [7, 11) is 1.49. The van der Waals surface area contributed by atoms with Crippen molar-refractivity contribution in [1.82, 2.24) is 10.6 Å². The number of carboxylic acids is 1. The number of allylic oxidation sites excluding steroid dienone is 2. The molecule has 2 amide bonds. The first-order chi connectivity index (χ1) is 8.95. The number of hydrogen-bond acceptors (Lipinski definition) is 3. The lowest BCUT2D eigenvalue weighted by Gasteiger charge is -2.25. The highest BCUT2D eigenvalue weighted by atomic mass is 16.4. The van der Waals surface area contributed by atoms with E-state index in [1.54, 1.807) is 6.92 Å². The van der Waals surface area contributed by atoms with E-state index in [9.17, 15) is 19.5 Å². The fraction of sp³-hybridized carbons (Fsp3) is 0.615. The summed E-state index contributed by atoms with van der Waals surface area (Å²) in [5.41, 5.74) is 0. The molecule has 5 unspecified atom stereocenters. The SMILES string of the molecule is CNC(=O)C(C)NC(=O)C1C2C=CC(C2)C1C(=O)O. The first kappa shape index (κ1) is 13.6. The van der Waals surface area contributed by atoms with Crippen molar-refractivity contribution >= 4 is 17.8 Å². The van der Waals surface area contributed by atoms with Crippen LogP contribution < -0.4 is 10.6 Å². The smallest absolute Gasteiger partial charge is 0.307 e. The number of hydrogen-bond donors (Lipinski definition) is 3. The quantitative estimate of drug-likeness (QED) is 0.612. The Hall–Kier alpha value is -1.85. The number of rotatable bonds is 4. The van der Waals surface area contributed by atoms with Gasteiger partial charge in [-0.3, -0.25) is 14.4 Å². The predicted octanol–water partition coefficient (Wildman–Crippen LogP) is -0.240. The van der Waals surface area contributed by atoms with Crippen LogP contribution in [0, 0.1) is 23.7 Å². The van der Waals surface area contributed by atoms with Gasteiger partial charge in [-0.05, 0) is 25.2 Å². The third-order valence-electron chi connectivity index (χ3n) is 4.05. The highest BCUT2D eigenvalue weighted by Crippen LogP contribution is 2.48. The van der Waals surface area contributed by atoms with Gasteiger partial charge in [0.2, 0.25) is 11.8 Å². The lowest BCUT2D eigenvalue weighted by Crippen LogP contribution is -2.48. The molecule has 0 aliphatic heterocycles. The molecule has 104 valence electrons. The van der Waals surface area contributed by atoms with E-state index in [4.69, 9.17) is 0 Å². The molecule has 2 bridgehead atoms. The van der Waals surface area contributed by atoms with Crippen molar-refractivity contribution in [2.75, 3.05) is 7.05 Å². The maximum absolute atomic E-state index is 12.2.